The lowest BCUT2D eigenvalue weighted by Crippen LogP contribution is -2.20. The number of hydrogen-bond acceptors (Lipinski definition) is 6. The Hall–Kier alpha value is -2.37. The molecule has 0 aliphatic heterocycles. The minimum atomic E-state index is 0.212. The van der Waals surface area contributed by atoms with E-state index in [1.165, 1.54) is 5.56 Å². The van der Waals surface area contributed by atoms with Crippen molar-refractivity contribution in [2.75, 3.05) is 30.0 Å². The summed E-state index contributed by atoms with van der Waals surface area (Å²) < 4.78 is 0. The zero-order valence-electron chi connectivity index (χ0n) is 10.5. The van der Waals surface area contributed by atoms with E-state index >= 15 is 0 Å². The summed E-state index contributed by atoms with van der Waals surface area (Å²) in [5.74, 6) is 1.23. The Kier molecular flexibility index (Phi) is 3.57. The highest BCUT2D eigenvalue weighted by Gasteiger charge is 2.08. The maximum absolute atomic E-state index is 5.64. The fourth-order valence-corrected chi connectivity index (χ4v) is 1.59. The standard InChI is InChI=1S/C12H16N6/c1-14-11-15-10(13)16-12(17-11)18(2)8-9-6-4-3-5-7-9/h3-7H,8H2,1-2H3,(H3,13,14,15,16,17). The highest BCUT2D eigenvalue weighted by atomic mass is 15.3. The van der Waals surface area contributed by atoms with Crippen molar-refractivity contribution >= 4 is 17.8 Å². The average Bonchev–Trinajstić information content (AvgIpc) is 2.39. The van der Waals surface area contributed by atoms with E-state index in [-0.39, 0.29) is 5.95 Å². The molecule has 6 nitrogen and oxygen atoms in total. The summed E-state index contributed by atoms with van der Waals surface area (Å²) >= 11 is 0. The first-order chi connectivity index (χ1) is 8.69. The molecule has 0 aliphatic rings. The van der Waals surface area contributed by atoms with Crippen LogP contribution in [0.25, 0.3) is 0 Å². The Morgan fingerprint density at radius 3 is 2.56 bits per heavy atom. The first kappa shape index (κ1) is 12.1. The van der Waals surface area contributed by atoms with Gasteiger partial charge in [0.1, 0.15) is 0 Å². The predicted molar refractivity (Wildman–Crippen MR) is 72.3 cm³/mol. The second kappa shape index (κ2) is 5.31. The first-order valence-corrected chi connectivity index (χ1v) is 5.63. The summed E-state index contributed by atoms with van der Waals surface area (Å²) in [5, 5.41) is 2.86. The van der Waals surface area contributed by atoms with Gasteiger partial charge in [-0.25, -0.2) is 0 Å². The molecule has 0 atom stereocenters. The van der Waals surface area contributed by atoms with Gasteiger partial charge < -0.3 is 16.0 Å². The lowest BCUT2D eigenvalue weighted by Gasteiger charge is -2.17. The third-order valence-corrected chi connectivity index (χ3v) is 2.47. The van der Waals surface area contributed by atoms with Crippen molar-refractivity contribution < 1.29 is 0 Å². The van der Waals surface area contributed by atoms with E-state index in [1.807, 2.05) is 30.1 Å². The second-order valence-corrected chi connectivity index (χ2v) is 3.91. The molecular weight excluding hydrogens is 228 g/mol. The molecule has 0 unspecified atom stereocenters. The summed E-state index contributed by atoms with van der Waals surface area (Å²) in [6.45, 7) is 0.716. The van der Waals surface area contributed by atoms with Crippen LogP contribution in [-0.2, 0) is 6.54 Å². The van der Waals surface area contributed by atoms with Gasteiger partial charge in [0.25, 0.3) is 0 Å². The van der Waals surface area contributed by atoms with Gasteiger partial charge in [0.2, 0.25) is 17.8 Å². The van der Waals surface area contributed by atoms with Crippen molar-refractivity contribution in [2.45, 2.75) is 6.54 Å². The summed E-state index contributed by atoms with van der Waals surface area (Å²) in [5.41, 5.74) is 6.82. The second-order valence-electron chi connectivity index (χ2n) is 3.91. The first-order valence-electron chi connectivity index (χ1n) is 5.63. The zero-order valence-corrected chi connectivity index (χ0v) is 10.5. The third-order valence-electron chi connectivity index (χ3n) is 2.47. The molecule has 0 radical (unpaired) electrons. The van der Waals surface area contributed by atoms with Crippen molar-refractivity contribution in [1.82, 2.24) is 15.0 Å². The maximum atomic E-state index is 5.64. The number of hydrogen-bond donors (Lipinski definition) is 2. The molecule has 2 rings (SSSR count). The fourth-order valence-electron chi connectivity index (χ4n) is 1.59. The maximum Gasteiger partial charge on any atom is 0.231 e. The Morgan fingerprint density at radius 1 is 1.17 bits per heavy atom. The van der Waals surface area contributed by atoms with Crippen LogP contribution in [-0.4, -0.2) is 29.0 Å². The van der Waals surface area contributed by atoms with Crippen LogP contribution in [0.1, 0.15) is 5.56 Å². The molecule has 1 aromatic carbocycles. The Morgan fingerprint density at radius 2 is 1.89 bits per heavy atom. The van der Waals surface area contributed by atoms with E-state index in [0.29, 0.717) is 18.4 Å². The highest BCUT2D eigenvalue weighted by Crippen LogP contribution is 2.13. The van der Waals surface area contributed by atoms with Crippen LogP contribution in [0.5, 0.6) is 0 Å². The zero-order chi connectivity index (χ0) is 13.0. The molecule has 0 bridgehead atoms. The summed E-state index contributed by atoms with van der Waals surface area (Å²) in [6, 6.07) is 10.1. The topological polar surface area (TPSA) is 80.0 Å². The van der Waals surface area contributed by atoms with Crippen LogP contribution in [0.4, 0.5) is 17.8 Å². The monoisotopic (exact) mass is 244 g/mol. The molecule has 0 fully saturated rings. The minimum absolute atomic E-state index is 0.212. The summed E-state index contributed by atoms with van der Waals surface area (Å²) in [7, 11) is 3.66. The van der Waals surface area contributed by atoms with Crippen molar-refractivity contribution in [2.24, 2.45) is 0 Å². The average molecular weight is 244 g/mol. The molecule has 94 valence electrons. The molecule has 2 aromatic rings. The number of nitrogen functional groups attached to an aromatic ring is 1. The molecule has 18 heavy (non-hydrogen) atoms. The molecule has 0 saturated carbocycles. The number of nitrogens with two attached hydrogens (primary N) is 1. The predicted octanol–water partition coefficient (Wildman–Crippen LogP) is 1.13. The van der Waals surface area contributed by atoms with Crippen LogP contribution in [0, 0.1) is 0 Å². The summed E-state index contributed by atoms with van der Waals surface area (Å²) in [6.07, 6.45) is 0. The minimum Gasteiger partial charge on any atom is -0.368 e. The Bertz CT molecular complexity index is 513. The SMILES string of the molecule is CNc1nc(N)nc(N(C)Cc2ccccc2)n1. The number of anilines is 3. The van der Waals surface area contributed by atoms with E-state index in [0.717, 1.165) is 0 Å². The number of nitrogens with one attached hydrogen (secondary N) is 1. The largest absolute Gasteiger partial charge is 0.368 e. The van der Waals surface area contributed by atoms with Crippen molar-refractivity contribution in [1.29, 1.82) is 0 Å². The Balaban J connectivity index is 2.18. The van der Waals surface area contributed by atoms with Crippen LogP contribution in [0.15, 0.2) is 30.3 Å². The fraction of sp³-hybridized carbons (Fsp3) is 0.250. The van der Waals surface area contributed by atoms with Gasteiger partial charge in [0.05, 0.1) is 0 Å². The van der Waals surface area contributed by atoms with Gasteiger partial charge in [-0.05, 0) is 5.56 Å². The van der Waals surface area contributed by atoms with Gasteiger partial charge in [-0.1, -0.05) is 30.3 Å². The van der Waals surface area contributed by atoms with Crippen LogP contribution in [0.2, 0.25) is 0 Å². The number of rotatable bonds is 4. The Labute approximate surface area is 106 Å². The van der Waals surface area contributed by atoms with Crippen molar-refractivity contribution in [3.05, 3.63) is 35.9 Å². The molecule has 0 spiro atoms. The van der Waals surface area contributed by atoms with Crippen molar-refractivity contribution in [3.63, 3.8) is 0 Å². The van der Waals surface area contributed by atoms with Crippen LogP contribution >= 0.6 is 0 Å². The van der Waals surface area contributed by atoms with Gasteiger partial charge in [-0.2, -0.15) is 15.0 Å². The quantitative estimate of drug-likeness (QED) is 0.839. The van der Waals surface area contributed by atoms with E-state index in [2.05, 4.69) is 32.4 Å². The summed E-state index contributed by atoms with van der Waals surface area (Å²) in [4.78, 5) is 14.3. The number of nitrogens with zero attached hydrogens (tertiary/aromatic N) is 4. The third kappa shape index (κ3) is 2.85. The van der Waals surface area contributed by atoms with Crippen LogP contribution < -0.4 is 16.0 Å². The van der Waals surface area contributed by atoms with Gasteiger partial charge in [-0.3, -0.25) is 0 Å². The molecule has 1 aromatic heterocycles. The molecule has 0 saturated heterocycles. The lowest BCUT2D eigenvalue weighted by atomic mass is 10.2. The van der Waals surface area contributed by atoms with Crippen molar-refractivity contribution in [3.8, 4) is 0 Å². The van der Waals surface area contributed by atoms with Gasteiger partial charge >= 0.3 is 0 Å². The smallest absolute Gasteiger partial charge is 0.231 e. The van der Waals surface area contributed by atoms with Crippen LogP contribution in [0.3, 0.4) is 0 Å². The molecule has 1 heterocycles. The normalized spacial score (nSPS) is 10.1. The van der Waals surface area contributed by atoms with E-state index in [9.17, 15) is 0 Å². The number of benzene rings is 1. The highest BCUT2D eigenvalue weighted by molar-refractivity contribution is 5.41. The molecule has 3 N–H and O–H groups in total. The van der Waals surface area contributed by atoms with Gasteiger partial charge in [-0.15, -0.1) is 0 Å². The van der Waals surface area contributed by atoms with E-state index < -0.39 is 0 Å². The molecular formula is C12H16N6. The van der Waals surface area contributed by atoms with Gasteiger partial charge in [0, 0.05) is 20.6 Å². The van der Waals surface area contributed by atoms with E-state index in [4.69, 9.17) is 5.73 Å². The number of aromatic nitrogens is 3. The van der Waals surface area contributed by atoms with E-state index in [1.54, 1.807) is 7.05 Å². The molecule has 0 amide bonds. The molecule has 0 aliphatic carbocycles. The van der Waals surface area contributed by atoms with Gasteiger partial charge in [0.15, 0.2) is 0 Å². The molecule has 6 heteroatoms. The lowest BCUT2D eigenvalue weighted by molar-refractivity contribution is 0.858.